The molecule has 3 nitrogen and oxygen atoms in total. The number of nitrogens with one attached hydrogen (secondary N) is 2. The number of hydrogen-bond acceptors (Lipinski definition) is 3. The van der Waals surface area contributed by atoms with Crippen LogP contribution in [0.5, 0.6) is 0 Å². The molecule has 2 saturated heterocycles. The zero-order valence-electron chi connectivity index (χ0n) is 8.01. The summed E-state index contributed by atoms with van der Waals surface area (Å²) in [5.74, 6) is 0.748. The summed E-state index contributed by atoms with van der Waals surface area (Å²) in [7, 11) is 0. The molecule has 0 aromatic carbocycles. The quantitative estimate of drug-likeness (QED) is 0.587. The number of hydrogen-bond donors (Lipinski definition) is 2. The van der Waals surface area contributed by atoms with Gasteiger partial charge in [-0.25, -0.2) is 5.01 Å². The monoisotopic (exact) mass is 169 g/mol. The van der Waals surface area contributed by atoms with Crippen molar-refractivity contribution in [3.63, 3.8) is 0 Å². The number of fused-ring (bicyclic) bond motifs is 1. The molecule has 0 aromatic heterocycles. The molecule has 3 heteroatoms. The second-order valence-electron chi connectivity index (χ2n) is 4.18. The summed E-state index contributed by atoms with van der Waals surface area (Å²) in [6.45, 7) is 8.06. The third-order valence-electron chi connectivity index (χ3n) is 3.02. The van der Waals surface area contributed by atoms with E-state index in [-0.39, 0.29) is 0 Å². The molecule has 0 amide bonds. The zero-order valence-corrected chi connectivity index (χ0v) is 8.01. The molecule has 2 heterocycles. The molecule has 12 heavy (non-hydrogen) atoms. The van der Waals surface area contributed by atoms with Gasteiger partial charge in [-0.1, -0.05) is 13.8 Å². The van der Waals surface area contributed by atoms with Gasteiger partial charge in [0.15, 0.2) is 0 Å². The van der Waals surface area contributed by atoms with E-state index in [4.69, 9.17) is 0 Å². The Hall–Kier alpha value is -0.120. The Morgan fingerprint density at radius 2 is 2.17 bits per heavy atom. The van der Waals surface area contributed by atoms with Crippen LogP contribution in [0.15, 0.2) is 0 Å². The molecular formula is C9H19N3. The van der Waals surface area contributed by atoms with E-state index in [1.807, 2.05) is 0 Å². The van der Waals surface area contributed by atoms with Crippen LogP contribution in [-0.4, -0.2) is 36.7 Å². The fourth-order valence-electron chi connectivity index (χ4n) is 2.42. The maximum Gasteiger partial charge on any atom is 0.0412 e. The second kappa shape index (κ2) is 3.32. The highest BCUT2D eigenvalue weighted by Crippen LogP contribution is 2.20. The van der Waals surface area contributed by atoms with Gasteiger partial charge in [0.1, 0.15) is 0 Å². The van der Waals surface area contributed by atoms with Crippen LogP contribution < -0.4 is 10.7 Å². The average Bonchev–Trinajstić information content (AvgIpc) is 2.49. The van der Waals surface area contributed by atoms with E-state index in [2.05, 4.69) is 29.6 Å². The summed E-state index contributed by atoms with van der Waals surface area (Å²) in [4.78, 5) is 0. The Morgan fingerprint density at radius 3 is 2.92 bits per heavy atom. The van der Waals surface area contributed by atoms with Gasteiger partial charge >= 0.3 is 0 Å². The van der Waals surface area contributed by atoms with Crippen molar-refractivity contribution in [1.29, 1.82) is 0 Å². The molecule has 0 aromatic rings. The van der Waals surface area contributed by atoms with Crippen molar-refractivity contribution in [2.45, 2.75) is 32.4 Å². The lowest BCUT2D eigenvalue weighted by Crippen LogP contribution is -2.59. The molecule has 2 rings (SSSR count). The van der Waals surface area contributed by atoms with Crippen molar-refractivity contribution in [2.24, 2.45) is 5.92 Å². The van der Waals surface area contributed by atoms with Crippen molar-refractivity contribution >= 4 is 0 Å². The Bertz CT molecular complexity index is 158. The molecule has 2 aliphatic heterocycles. The fraction of sp³-hybridized carbons (Fsp3) is 1.00. The van der Waals surface area contributed by atoms with Crippen LogP contribution in [0, 0.1) is 5.92 Å². The van der Waals surface area contributed by atoms with E-state index in [0.717, 1.165) is 31.6 Å². The predicted molar refractivity (Wildman–Crippen MR) is 49.7 cm³/mol. The smallest absolute Gasteiger partial charge is 0.0412 e. The Labute approximate surface area is 74.5 Å². The second-order valence-corrected chi connectivity index (χ2v) is 4.18. The molecule has 0 radical (unpaired) electrons. The standard InChI is InChI=1S/C9H19N3/c1-7(2)9-8-3-4-11-12(8)6-5-10-9/h7-11H,3-6H2,1-2H3. The minimum atomic E-state index is 0.689. The Balaban J connectivity index is 2.03. The minimum absolute atomic E-state index is 0.689. The number of nitrogens with zero attached hydrogens (tertiary/aromatic N) is 1. The molecule has 0 saturated carbocycles. The summed E-state index contributed by atoms with van der Waals surface area (Å²) in [6.07, 6.45) is 1.30. The Kier molecular flexibility index (Phi) is 2.35. The number of piperazine rings is 1. The third kappa shape index (κ3) is 1.37. The first-order valence-electron chi connectivity index (χ1n) is 5.02. The molecular weight excluding hydrogens is 150 g/mol. The molecule has 2 N–H and O–H groups in total. The van der Waals surface area contributed by atoms with Gasteiger partial charge in [-0.15, -0.1) is 0 Å². The lowest BCUT2D eigenvalue weighted by atomic mass is 9.93. The SMILES string of the molecule is CC(C)C1NCCN2NCCC12. The number of rotatable bonds is 1. The van der Waals surface area contributed by atoms with Crippen LogP contribution in [-0.2, 0) is 0 Å². The van der Waals surface area contributed by atoms with Gasteiger partial charge in [0.2, 0.25) is 0 Å². The van der Waals surface area contributed by atoms with Gasteiger partial charge in [-0.3, -0.25) is 5.43 Å². The lowest BCUT2D eigenvalue weighted by Gasteiger charge is -2.39. The molecule has 2 fully saturated rings. The van der Waals surface area contributed by atoms with E-state index in [1.165, 1.54) is 6.42 Å². The molecule has 0 aliphatic carbocycles. The molecule has 2 aliphatic rings. The van der Waals surface area contributed by atoms with Crippen molar-refractivity contribution in [3.8, 4) is 0 Å². The summed E-state index contributed by atoms with van der Waals surface area (Å²) >= 11 is 0. The third-order valence-corrected chi connectivity index (χ3v) is 3.02. The molecule has 70 valence electrons. The summed E-state index contributed by atoms with van der Waals surface area (Å²) in [6, 6.07) is 1.42. The highest BCUT2D eigenvalue weighted by atomic mass is 15.6. The summed E-state index contributed by atoms with van der Waals surface area (Å²) in [5, 5.41) is 6.03. The van der Waals surface area contributed by atoms with Crippen LogP contribution in [0.2, 0.25) is 0 Å². The summed E-state index contributed by atoms with van der Waals surface area (Å²) < 4.78 is 0. The van der Waals surface area contributed by atoms with Crippen LogP contribution in [0.1, 0.15) is 20.3 Å². The summed E-state index contributed by atoms with van der Waals surface area (Å²) in [5.41, 5.74) is 3.44. The van der Waals surface area contributed by atoms with Crippen LogP contribution in [0.3, 0.4) is 0 Å². The fourth-order valence-corrected chi connectivity index (χ4v) is 2.42. The van der Waals surface area contributed by atoms with Crippen LogP contribution >= 0.6 is 0 Å². The van der Waals surface area contributed by atoms with E-state index < -0.39 is 0 Å². The van der Waals surface area contributed by atoms with E-state index in [0.29, 0.717) is 6.04 Å². The van der Waals surface area contributed by atoms with Crippen molar-refractivity contribution in [2.75, 3.05) is 19.6 Å². The van der Waals surface area contributed by atoms with Gasteiger partial charge in [-0.2, -0.15) is 0 Å². The van der Waals surface area contributed by atoms with Gasteiger partial charge in [0, 0.05) is 31.7 Å². The maximum atomic E-state index is 3.61. The topological polar surface area (TPSA) is 27.3 Å². The lowest BCUT2D eigenvalue weighted by molar-refractivity contribution is 0.0979. The normalized spacial score (nSPS) is 37.2. The molecule has 0 bridgehead atoms. The first kappa shape index (κ1) is 8.48. The first-order valence-corrected chi connectivity index (χ1v) is 5.02. The minimum Gasteiger partial charge on any atom is -0.311 e. The van der Waals surface area contributed by atoms with E-state index in [1.54, 1.807) is 0 Å². The van der Waals surface area contributed by atoms with E-state index in [9.17, 15) is 0 Å². The van der Waals surface area contributed by atoms with Gasteiger partial charge in [-0.05, 0) is 12.3 Å². The van der Waals surface area contributed by atoms with Crippen molar-refractivity contribution in [1.82, 2.24) is 15.8 Å². The van der Waals surface area contributed by atoms with Crippen molar-refractivity contribution in [3.05, 3.63) is 0 Å². The van der Waals surface area contributed by atoms with Gasteiger partial charge in [0.25, 0.3) is 0 Å². The number of hydrazine groups is 1. The molecule has 2 unspecified atom stereocenters. The average molecular weight is 169 g/mol. The van der Waals surface area contributed by atoms with Crippen LogP contribution in [0.4, 0.5) is 0 Å². The maximum absolute atomic E-state index is 3.61. The predicted octanol–water partition coefficient (Wildman–Crippen LogP) is 0.193. The molecule has 0 spiro atoms. The molecule has 2 atom stereocenters. The zero-order chi connectivity index (χ0) is 8.55. The highest BCUT2D eigenvalue weighted by molar-refractivity contribution is 4.92. The van der Waals surface area contributed by atoms with Crippen molar-refractivity contribution < 1.29 is 0 Å². The Morgan fingerprint density at radius 1 is 1.33 bits per heavy atom. The first-order chi connectivity index (χ1) is 5.79. The van der Waals surface area contributed by atoms with Crippen LogP contribution in [0.25, 0.3) is 0 Å². The highest BCUT2D eigenvalue weighted by Gasteiger charge is 2.35. The van der Waals surface area contributed by atoms with E-state index >= 15 is 0 Å². The van der Waals surface area contributed by atoms with Gasteiger partial charge in [0.05, 0.1) is 0 Å². The largest absolute Gasteiger partial charge is 0.311 e. The van der Waals surface area contributed by atoms with Gasteiger partial charge < -0.3 is 5.32 Å².